The first kappa shape index (κ1) is 18.3. The zero-order valence-electron chi connectivity index (χ0n) is 16.1. The van der Waals surface area contributed by atoms with Gasteiger partial charge in [-0.1, -0.05) is 12.1 Å². The molecule has 6 nitrogen and oxygen atoms in total. The summed E-state index contributed by atoms with van der Waals surface area (Å²) in [6, 6.07) is 12.0. The molecule has 2 heterocycles. The summed E-state index contributed by atoms with van der Waals surface area (Å²) in [4.78, 5) is 21.4. The molecular formula is C22H24N4O2. The lowest BCUT2D eigenvalue weighted by Crippen LogP contribution is -2.50. The van der Waals surface area contributed by atoms with Crippen LogP contribution in [-0.4, -0.2) is 42.5 Å². The lowest BCUT2D eigenvalue weighted by molar-refractivity contribution is -0.131. The van der Waals surface area contributed by atoms with Crippen LogP contribution in [0.4, 0.5) is 5.82 Å². The van der Waals surface area contributed by atoms with Gasteiger partial charge >= 0.3 is 0 Å². The van der Waals surface area contributed by atoms with Crippen LogP contribution in [0.25, 0.3) is 0 Å². The molecule has 144 valence electrons. The number of fused-ring (bicyclic) bond motifs is 1. The summed E-state index contributed by atoms with van der Waals surface area (Å²) in [5, 5.41) is 9.59. The summed E-state index contributed by atoms with van der Waals surface area (Å²) in [5.74, 6) is 1.51. The van der Waals surface area contributed by atoms with Crippen LogP contribution < -0.4 is 9.64 Å². The standard InChI is InChI=1S/C22H24N4O2/c1-28-19-7-4-5-16(11-19)14-25-9-10-26(15-21(25)27)22-18(13-23)12-17-6-2-3-8-20(17)24-22/h4-5,7,11-12H,2-3,6,8-10,14-15H2,1H3. The van der Waals surface area contributed by atoms with Gasteiger partial charge in [-0.15, -0.1) is 0 Å². The Hall–Kier alpha value is -3.07. The predicted octanol–water partition coefficient (Wildman–Crippen LogP) is 2.69. The maximum absolute atomic E-state index is 12.8. The van der Waals surface area contributed by atoms with Crippen LogP contribution >= 0.6 is 0 Å². The highest BCUT2D eigenvalue weighted by atomic mass is 16.5. The van der Waals surface area contributed by atoms with Gasteiger partial charge in [0.25, 0.3) is 0 Å². The average molecular weight is 376 g/mol. The Morgan fingerprint density at radius 2 is 2.07 bits per heavy atom. The average Bonchev–Trinajstić information content (AvgIpc) is 2.74. The van der Waals surface area contributed by atoms with E-state index in [0.29, 0.717) is 31.0 Å². The number of nitriles is 1. The molecule has 1 aliphatic carbocycles. The third-order valence-electron chi connectivity index (χ3n) is 5.53. The van der Waals surface area contributed by atoms with Crippen molar-refractivity contribution in [2.75, 3.05) is 31.6 Å². The van der Waals surface area contributed by atoms with Crippen molar-refractivity contribution in [3.63, 3.8) is 0 Å². The van der Waals surface area contributed by atoms with E-state index in [2.05, 4.69) is 6.07 Å². The lowest BCUT2D eigenvalue weighted by Gasteiger charge is -2.35. The lowest BCUT2D eigenvalue weighted by atomic mass is 9.95. The monoisotopic (exact) mass is 376 g/mol. The quantitative estimate of drug-likeness (QED) is 0.821. The van der Waals surface area contributed by atoms with Crippen LogP contribution in [0.15, 0.2) is 30.3 Å². The van der Waals surface area contributed by atoms with Crippen molar-refractivity contribution >= 4 is 11.7 Å². The Kier molecular flexibility index (Phi) is 5.16. The molecule has 0 radical (unpaired) electrons. The van der Waals surface area contributed by atoms with Crippen molar-refractivity contribution in [3.05, 3.63) is 52.7 Å². The molecule has 4 rings (SSSR count). The third kappa shape index (κ3) is 3.65. The molecule has 0 spiro atoms. The number of nitrogens with zero attached hydrogens (tertiary/aromatic N) is 4. The minimum absolute atomic E-state index is 0.0532. The van der Waals surface area contributed by atoms with E-state index >= 15 is 0 Å². The van der Waals surface area contributed by atoms with Crippen LogP contribution in [0.1, 0.15) is 35.2 Å². The van der Waals surface area contributed by atoms with Crippen LogP contribution in [0.2, 0.25) is 0 Å². The van der Waals surface area contributed by atoms with Gasteiger partial charge in [0.15, 0.2) is 0 Å². The normalized spacial score (nSPS) is 16.5. The Labute approximate surface area is 165 Å². The molecule has 1 fully saturated rings. The van der Waals surface area contributed by atoms with E-state index in [4.69, 9.17) is 9.72 Å². The molecule has 0 saturated carbocycles. The number of anilines is 1. The summed E-state index contributed by atoms with van der Waals surface area (Å²) in [6.07, 6.45) is 4.24. The van der Waals surface area contributed by atoms with E-state index in [1.54, 1.807) is 7.11 Å². The minimum atomic E-state index is 0.0532. The highest BCUT2D eigenvalue weighted by Crippen LogP contribution is 2.27. The number of carbonyl (C=O) groups is 1. The second-order valence-electron chi connectivity index (χ2n) is 7.37. The first-order valence-corrected chi connectivity index (χ1v) is 9.76. The molecule has 1 saturated heterocycles. The van der Waals surface area contributed by atoms with Crippen molar-refractivity contribution in [1.29, 1.82) is 5.26 Å². The van der Waals surface area contributed by atoms with Crippen LogP contribution in [-0.2, 0) is 24.2 Å². The SMILES string of the molecule is COc1cccc(CN2CCN(c3nc4c(cc3C#N)CCCC4)CC2=O)c1. The largest absolute Gasteiger partial charge is 0.497 e. The minimum Gasteiger partial charge on any atom is -0.497 e. The summed E-state index contributed by atoms with van der Waals surface area (Å²) < 4.78 is 5.27. The number of benzene rings is 1. The van der Waals surface area contributed by atoms with Gasteiger partial charge in [0.2, 0.25) is 5.91 Å². The summed E-state index contributed by atoms with van der Waals surface area (Å²) in [6.45, 7) is 2.10. The number of pyridine rings is 1. The number of hydrogen-bond acceptors (Lipinski definition) is 5. The number of aryl methyl sites for hydroxylation is 2. The number of amides is 1. The molecule has 0 unspecified atom stereocenters. The van der Waals surface area contributed by atoms with E-state index < -0.39 is 0 Å². The summed E-state index contributed by atoms with van der Waals surface area (Å²) >= 11 is 0. The number of hydrogen-bond donors (Lipinski definition) is 0. The van der Waals surface area contributed by atoms with Crippen molar-refractivity contribution < 1.29 is 9.53 Å². The molecule has 0 atom stereocenters. The Bertz CT molecular complexity index is 935. The fourth-order valence-corrected chi connectivity index (χ4v) is 3.99. The number of aromatic nitrogens is 1. The van der Waals surface area contributed by atoms with Gasteiger partial charge < -0.3 is 14.5 Å². The van der Waals surface area contributed by atoms with Gasteiger partial charge in [0.05, 0.1) is 19.2 Å². The topological polar surface area (TPSA) is 69.5 Å². The molecule has 2 aliphatic rings. The van der Waals surface area contributed by atoms with E-state index in [0.717, 1.165) is 42.7 Å². The van der Waals surface area contributed by atoms with Gasteiger partial charge in [-0.25, -0.2) is 4.98 Å². The van der Waals surface area contributed by atoms with E-state index in [1.165, 1.54) is 5.56 Å². The molecule has 1 aromatic heterocycles. The van der Waals surface area contributed by atoms with Gasteiger partial charge in [-0.3, -0.25) is 4.79 Å². The van der Waals surface area contributed by atoms with Crippen LogP contribution in [0, 0.1) is 11.3 Å². The first-order chi connectivity index (χ1) is 13.7. The third-order valence-corrected chi connectivity index (χ3v) is 5.53. The predicted molar refractivity (Wildman–Crippen MR) is 106 cm³/mol. The zero-order valence-corrected chi connectivity index (χ0v) is 16.1. The van der Waals surface area contributed by atoms with Gasteiger partial charge in [0.1, 0.15) is 17.6 Å². The fourth-order valence-electron chi connectivity index (χ4n) is 3.99. The zero-order chi connectivity index (χ0) is 19.5. The summed E-state index contributed by atoms with van der Waals surface area (Å²) in [7, 11) is 1.64. The molecule has 0 bridgehead atoms. The Balaban J connectivity index is 1.50. The molecule has 6 heteroatoms. The highest BCUT2D eigenvalue weighted by Gasteiger charge is 2.27. The van der Waals surface area contributed by atoms with Crippen LogP contribution in [0.3, 0.4) is 0 Å². The molecule has 2 aromatic rings. The molecule has 1 aliphatic heterocycles. The maximum Gasteiger partial charge on any atom is 0.242 e. The number of ether oxygens (including phenoxy) is 1. The second-order valence-corrected chi connectivity index (χ2v) is 7.37. The van der Waals surface area contributed by atoms with E-state index in [9.17, 15) is 10.1 Å². The fraction of sp³-hybridized carbons (Fsp3) is 0.409. The molecule has 0 N–H and O–H groups in total. The second kappa shape index (κ2) is 7.89. The number of carbonyl (C=O) groups excluding carboxylic acids is 1. The van der Waals surface area contributed by atoms with Gasteiger partial charge in [0, 0.05) is 25.3 Å². The van der Waals surface area contributed by atoms with E-state index in [1.807, 2.05) is 40.1 Å². The number of methoxy groups -OCH3 is 1. The Morgan fingerprint density at radius 3 is 2.86 bits per heavy atom. The molecule has 1 aromatic carbocycles. The smallest absolute Gasteiger partial charge is 0.242 e. The Morgan fingerprint density at radius 1 is 1.21 bits per heavy atom. The first-order valence-electron chi connectivity index (χ1n) is 9.76. The molecular weight excluding hydrogens is 352 g/mol. The number of rotatable bonds is 4. The van der Waals surface area contributed by atoms with Crippen molar-refractivity contribution in [3.8, 4) is 11.8 Å². The number of piperazine rings is 1. The molecule has 1 amide bonds. The van der Waals surface area contributed by atoms with Crippen molar-refractivity contribution in [2.45, 2.75) is 32.2 Å². The van der Waals surface area contributed by atoms with Gasteiger partial charge in [-0.2, -0.15) is 5.26 Å². The highest BCUT2D eigenvalue weighted by molar-refractivity contribution is 5.83. The van der Waals surface area contributed by atoms with Crippen molar-refractivity contribution in [2.24, 2.45) is 0 Å². The summed E-state index contributed by atoms with van der Waals surface area (Å²) in [5.41, 5.74) is 3.90. The van der Waals surface area contributed by atoms with E-state index in [-0.39, 0.29) is 12.5 Å². The van der Waals surface area contributed by atoms with Gasteiger partial charge in [-0.05, 0) is 55.0 Å². The van der Waals surface area contributed by atoms with Crippen molar-refractivity contribution in [1.82, 2.24) is 9.88 Å². The molecule has 28 heavy (non-hydrogen) atoms. The van der Waals surface area contributed by atoms with Crippen LogP contribution in [0.5, 0.6) is 5.75 Å². The maximum atomic E-state index is 12.8.